The lowest BCUT2D eigenvalue weighted by Gasteiger charge is -2.10. The van der Waals surface area contributed by atoms with E-state index in [4.69, 9.17) is 14.4 Å². The zero-order chi connectivity index (χ0) is 22.7. The number of hydrogen-bond acceptors (Lipinski definition) is 8. The first-order valence-corrected chi connectivity index (χ1v) is 9.35. The zero-order valence-electron chi connectivity index (χ0n) is 16.4. The van der Waals surface area contributed by atoms with Crippen LogP contribution in [0.4, 0.5) is 5.69 Å². The quantitative estimate of drug-likeness (QED) is 0.257. The number of benzene rings is 2. The molecule has 0 fully saturated rings. The number of carbonyl (C=O) groups is 1. The molecule has 0 unspecified atom stereocenters. The second kappa shape index (κ2) is 8.53. The summed E-state index contributed by atoms with van der Waals surface area (Å²) in [7, 11) is 0. The van der Waals surface area contributed by atoms with Crippen molar-refractivity contribution in [2.45, 2.75) is 13.2 Å². The van der Waals surface area contributed by atoms with Crippen LogP contribution in [0, 0.1) is 21.4 Å². The van der Waals surface area contributed by atoms with Gasteiger partial charge in [-0.25, -0.2) is 9.78 Å². The van der Waals surface area contributed by atoms with Gasteiger partial charge in [0.2, 0.25) is 5.76 Å². The van der Waals surface area contributed by atoms with Crippen molar-refractivity contribution in [1.29, 1.82) is 5.26 Å². The lowest BCUT2D eigenvalue weighted by atomic mass is 10.1. The number of nitro groups is 1. The van der Waals surface area contributed by atoms with Crippen LogP contribution >= 0.6 is 0 Å². The fraction of sp³-hybridized carbons (Fsp3) is 0.0909. The Hall–Kier alpha value is -4.78. The number of rotatable bonds is 6. The van der Waals surface area contributed by atoms with Gasteiger partial charge in [-0.3, -0.25) is 19.5 Å². The second-order valence-corrected chi connectivity index (χ2v) is 6.64. The Kier molecular flexibility index (Phi) is 5.46. The van der Waals surface area contributed by atoms with Crippen LogP contribution in [-0.2, 0) is 17.9 Å². The molecule has 4 aromatic rings. The van der Waals surface area contributed by atoms with Crippen LogP contribution in [0.2, 0.25) is 0 Å². The molecule has 4 rings (SSSR count). The molecule has 0 saturated carbocycles. The average molecular weight is 430 g/mol. The summed E-state index contributed by atoms with van der Waals surface area (Å²) < 4.78 is 11.9. The minimum Gasteiger partial charge on any atom is -0.452 e. The molecule has 32 heavy (non-hydrogen) atoms. The number of para-hydroxylation sites is 1. The van der Waals surface area contributed by atoms with Crippen LogP contribution in [0.5, 0.6) is 0 Å². The fourth-order valence-electron chi connectivity index (χ4n) is 3.11. The highest BCUT2D eigenvalue weighted by atomic mass is 16.6. The summed E-state index contributed by atoms with van der Waals surface area (Å²) in [5.74, 6) is -0.416. The first kappa shape index (κ1) is 20.5. The van der Waals surface area contributed by atoms with Gasteiger partial charge in [-0.2, -0.15) is 5.26 Å². The van der Waals surface area contributed by atoms with E-state index in [1.54, 1.807) is 24.3 Å². The minimum absolute atomic E-state index is 0.0637. The van der Waals surface area contributed by atoms with Crippen molar-refractivity contribution in [3.8, 4) is 17.4 Å². The molecular weight excluding hydrogens is 416 g/mol. The van der Waals surface area contributed by atoms with E-state index in [-0.39, 0.29) is 30.4 Å². The maximum Gasteiger partial charge on any atom is 0.374 e. The Balaban J connectivity index is 1.54. The molecule has 2 aromatic heterocycles. The third-order valence-electron chi connectivity index (χ3n) is 4.67. The molecule has 0 aliphatic heterocycles. The summed E-state index contributed by atoms with van der Waals surface area (Å²) in [5.41, 5.74) is 0.512. The van der Waals surface area contributed by atoms with Crippen LogP contribution in [-0.4, -0.2) is 20.4 Å². The van der Waals surface area contributed by atoms with E-state index < -0.39 is 16.5 Å². The highest BCUT2D eigenvalue weighted by molar-refractivity contribution is 5.87. The van der Waals surface area contributed by atoms with Gasteiger partial charge in [-0.1, -0.05) is 12.1 Å². The van der Waals surface area contributed by atoms with E-state index in [9.17, 15) is 19.7 Å². The molecule has 0 N–H and O–H groups in total. The van der Waals surface area contributed by atoms with Crippen molar-refractivity contribution in [2.24, 2.45) is 0 Å². The van der Waals surface area contributed by atoms with Crippen molar-refractivity contribution in [2.75, 3.05) is 0 Å². The molecule has 158 valence electrons. The van der Waals surface area contributed by atoms with Crippen LogP contribution < -0.4 is 5.56 Å². The number of nitro benzene ring substituents is 1. The Morgan fingerprint density at radius 2 is 1.91 bits per heavy atom. The van der Waals surface area contributed by atoms with E-state index in [1.165, 1.54) is 36.4 Å². The van der Waals surface area contributed by atoms with Gasteiger partial charge < -0.3 is 9.15 Å². The summed E-state index contributed by atoms with van der Waals surface area (Å²) in [5, 5.41) is 20.2. The molecular formula is C22H14N4O6. The number of ether oxygens (including phenoxy) is 1. The monoisotopic (exact) mass is 430 g/mol. The van der Waals surface area contributed by atoms with Gasteiger partial charge in [-0.15, -0.1) is 0 Å². The van der Waals surface area contributed by atoms with Gasteiger partial charge in [0, 0.05) is 17.7 Å². The van der Waals surface area contributed by atoms with Crippen molar-refractivity contribution in [3.63, 3.8) is 0 Å². The molecule has 0 spiro atoms. The Labute approximate surface area is 180 Å². The maximum absolute atomic E-state index is 12.7. The van der Waals surface area contributed by atoms with Gasteiger partial charge >= 0.3 is 5.97 Å². The SMILES string of the molecule is N#CCn1c(COC(=O)c2ccc(-c3ccc([N+](=O)[O-])cc3)o2)nc2ccccc2c1=O. The first-order chi connectivity index (χ1) is 15.5. The number of aromatic nitrogens is 2. The minimum atomic E-state index is -0.788. The van der Waals surface area contributed by atoms with Crippen LogP contribution in [0.3, 0.4) is 0 Å². The molecule has 2 heterocycles. The molecule has 10 heteroatoms. The lowest BCUT2D eigenvalue weighted by Crippen LogP contribution is -2.26. The number of furan rings is 1. The van der Waals surface area contributed by atoms with Gasteiger partial charge in [0.1, 0.15) is 18.9 Å². The molecule has 2 aromatic carbocycles. The van der Waals surface area contributed by atoms with Crippen LogP contribution in [0.15, 0.2) is 69.9 Å². The van der Waals surface area contributed by atoms with Crippen LogP contribution in [0.25, 0.3) is 22.2 Å². The zero-order valence-corrected chi connectivity index (χ0v) is 16.4. The predicted octanol–water partition coefficient (Wildman–Crippen LogP) is 3.45. The number of non-ortho nitro benzene ring substituents is 1. The molecule has 0 amide bonds. The van der Waals surface area contributed by atoms with E-state index >= 15 is 0 Å². The average Bonchev–Trinajstić information content (AvgIpc) is 3.30. The highest BCUT2D eigenvalue weighted by Gasteiger charge is 2.17. The number of nitrogens with zero attached hydrogens (tertiary/aromatic N) is 4. The molecule has 0 saturated heterocycles. The molecule has 0 aliphatic carbocycles. The standard InChI is InChI=1S/C22H14N4O6/c23-11-12-25-20(24-17-4-2-1-3-16(17)21(25)27)13-31-22(28)19-10-9-18(32-19)14-5-7-15(8-6-14)26(29)30/h1-10H,12-13H2. The van der Waals surface area contributed by atoms with E-state index in [0.29, 0.717) is 22.2 Å². The highest BCUT2D eigenvalue weighted by Crippen LogP contribution is 2.25. The third-order valence-corrected chi connectivity index (χ3v) is 4.67. The molecule has 0 bridgehead atoms. The third kappa shape index (κ3) is 3.95. The summed E-state index contributed by atoms with van der Waals surface area (Å²) in [6.45, 7) is -0.581. The van der Waals surface area contributed by atoms with E-state index in [1.807, 2.05) is 6.07 Å². The van der Waals surface area contributed by atoms with Gasteiger partial charge in [0.15, 0.2) is 5.82 Å². The molecule has 10 nitrogen and oxygen atoms in total. The Bertz CT molecular complexity index is 1430. The number of nitriles is 1. The van der Waals surface area contributed by atoms with Crippen LogP contribution in [0.1, 0.15) is 16.4 Å². The smallest absolute Gasteiger partial charge is 0.374 e. The second-order valence-electron chi connectivity index (χ2n) is 6.64. The summed E-state index contributed by atoms with van der Waals surface area (Å²) >= 11 is 0. The van der Waals surface area contributed by atoms with Crippen molar-refractivity contribution in [1.82, 2.24) is 9.55 Å². The number of carbonyl (C=O) groups excluding carboxylic acids is 1. The maximum atomic E-state index is 12.7. The number of hydrogen-bond donors (Lipinski definition) is 0. The predicted molar refractivity (Wildman–Crippen MR) is 112 cm³/mol. The van der Waals surface area contributed by atoms with E-state index in [2.05, 4.69) is 4.98 Å². The first-order valence-electron chi connectivity index (χ1n) is 9.35. The summed E-state index contributed by atoms with van der Waals surface area (Å²) in [6, 6.07) is 17.2. The van der Waals surface area contributed by atoms with Gasteiger partial charge in [0.05, 0.1) is 21.9 Å². The van der Waals surface area contributed by atoms with Crippen molar-refractivity contribution < 1.29 is 18.9 Å². The van der Waals surface area contributed by atoms with Crippen molar-refractivity contribution in [3.05, 3.63) is 92.7 Å². The Morgan fingerprint density at radius 1 is 1.16 bits per heavy atom. The lowest BCUT2D eigenvalue weighted by molar-refractivity contribution is -0.384. The number of esters is 1. The largest absolute Gasteiger partial charge is 0.452 e. The summed E-state index contributed by atoms with van der Waals surface area (Å²) in [6.07, 6.45) is 0. The normalized spacial score (nSPS) is 10.6. The Morgan fingerprint density at radius 3 is 2.62 bits per heavy atom. The molecule has 0 aliphatic rings. The molecule has 0 radical (unpaired) electrons. The molecule has 0 atom stereocenters. The fourth-order valence-corrected chi connectivity index (χ4v) is 3.11. The van der Waals surface area contributed by atoms with E-state index in [0.717, 1.165) is 4.57 Å². The van der Waals surface area contributed by atoms with Crippen molar-refractivity contribution >= 4 is 22.6 Å². The number of fused-ring (bicyclic) bond motifs is 1. The van der Waals surface area contributed by atoms with Gasteiger partial charge in [0.25, 0.3) is 11.2 Å². The summed E-state index contributed by atoms with van der Waals surface area (Å²) in [4.78, 5) is 39.7. The van der Waals surface area contributed by atoms with Gasteiger partial charge in [-0.05, 0) is 36.4 Å². The topological polar surface area (TPSA) is 141 Å².